The number of nitrogens with zero attached hydrogens (tertiary/aromatic N) is 2. The third-order valence-corrected chi connectivity index (χ3v) is 4.01. The van der Waals surface area contributed by atoms with E-state index in [-0.39, 0.29) is 6.42 Å². The minimum atomic E-state index is -0.828. The van der Waals surface area contributed by atoms with E-state index in [0.717, 1.165) is 0 Å². The monoisotopic (exact) mass is 354 g/mol. The van der Waals surface area contributed by atoms with Crippen LogP contribution in [0.15, 0.2) is 16.5 Å². The minimum absolute atomic E-state index is 0.0958. The molecule has 0 radical (unpaired) electrons. The topological polar surface area (TPSA) is 104 Å². The molecule has 0 spiro atoms. The van der Waals surface area contributed by atoms with Crippen LogP contribution in [0.3, 0.4) is 0 Å². The standard InChI is InChI=1S/C15H18N2O6S/c1-20-10-6-9(7-11(21-2)14(10)22-3)15-17-16-12(23-15)8-24-5-4-13(18)19/h6-7H,4-5,8H2,1-3H3,(H,18,19). The van der Waals surface area contributed by atoms with Gasteiger partial charge in [-0.3, -0.25) is 4.79 Å². The first-order valence-corrected chi connectivity index (χ1v) is 8.16. The van der Waals surface area contributed by atoms with Gasteiger partial charge in [-0.1, -0.05) is 0 Å². The summed E-state index contributed by atoms with van der Waals surface area (Å²) in [5.41, 5.74) is 0.638. The molecule has 0 unspecified atom stereocenters. The summed E-state index contributed by atoms with van der Waals surface area (Å²) in [6.45, 7) is 0. The molecule has 0 saturated carbocycles. The molecule has 0 amide bonds. The first-order valence-electron chi connectivity index (χ1n) is 7.01. The second kappa shape index (κ2) is 8.44. The lowest BCUT2D eigenvalue weighted by molar-refractivity contribution is -0.136. The zero-order valence-electron chi connectivity index (χ0n) is 13.6. The van der Waals surface area contributed by atoms with E-state index in [1.165, 1.54) is 33.1 Å². The fourth-order valence-corrected chi connectivity index (χ4v) is 2.71. The first-order chi connectivity index (χ1) is 11.6. The average molecular weight is 354 g/mol. The highest BCUT2D eigenvalue weighted by Crippen LogP contribution is 2.40. The van der Waals surface area contributed by atoms with E-state index in [4.69, 9.17) is 23.7 Å². The third-order valence-electron chi connectivity index (χ3n) is 3.06. The van der Waals surface area contributed by atoms with Crippen LogP contribution in [0.4, 0.5) is 0 Å². The van der Waals surface area contributed by atoms with Crippen LogP contribution in [0.2, 0.25) is 0 Å². The Morgan fingerprint density at radius 2 is 1.83 bits per heavy atom. The van der Waals surface area contributed by atoms with Crippen molar-refractivity contribution in [2.24, 2.45) is 0 Å². The SMILES string of the molecule is COc1cc(-c2nnc(CSCCC(=O)O)o2)cc(OC)c1OC. The van der Waals surface area contributed by atoms with Crippen LogP contribution in [0.25, 0.3) is 11.5 Å². The summed E-state index contributed by atoms with van der Waals surface area (Å²) < 4.78 is 21.5. The minimum Gasteiger partial charge on any atom is -0.493 e. The van der Waals surface area contributed by atoms with E-state index in [9.17, 15) is 4.79 Å². The molecule has 0 aliphatic carbocycles. The molecular weight excluding hydrogens is 336 g/mol. The molecule has 0 fully saturated rings. The highest BCUT2D eigenvalue weighted by molar-refractivity contribution is 7.98. The van der Waals surface area contributed by atoms with Crippen molar-refractivity contribution in [2.75, 3.05) is 27.1 Å². The van der Waals surface area contributed by atoms with Crippen molar-refractivity contribution < 1.29 is 28.5 Å². The predicted octanol–water partition coefficient (Wildman–Crippen LogP) is 2.47. The molecule has 2 rings (SSSR count). The summed E-state index contributed by atoms with van der Waals surface area (Å²) in [7, 11) is 4.58. The Hall–Kier alpha value is -2.42. The number of ether oxygens (including phenoxy) is 3. The lowest BCUT2D eigenvalue weighted by Crippen LogP contribution is -1.96. The van der Waals surface area contributed by atoms with Gasteiger partial charge in [0.15, 0.2) is 11.5 Å². The largest absolute Gasteiger partial charge is 0.493 e. The molecule has 1 heterocycles. The van der Waals surface area contributed by atoms with Gasteiger partial charge in [-0.05, 0) is 12.1 Å². The normalized spacial score (nSPS) is 10.5. The number of carbonyl (C=O) groups is 1. The summed E-state index contributed by atoms with van der Waals surface area (Å²) in [6, 6.07) is 3.44. The quantitative estimate of drug-likeness (QED) is 0.680. The van der Waals surface area contributed by atoms with Gasteiger partial charge >= 0.3 is 5.97 Å². The van der Waals surface area contributed by atoms with Crippen LogP contribution in [0.1, 0.15) is 12.3 Å². The number of rotatable bonds is 9. The molecule has 1 aromatic heterocycles. The Kier molecular flexibility index (Phi) is 6.30. The zero-order valence-corrected chi connectivity index (χ0v) is 14.4. The Labute approximate surface area is 143 Å². The van der Waals surface area contributed by atoms with E-state index in [1.54, 1.807) is 12.1 Å². The highest BCUT2D eigenvalue weighted by Gasteiger charge is 2.17. The fraction of sp³-hybridized carbons (Fsp3) is 0.400. The zero-order chi connectivity index (χ0) is 17.5. The second-order valence-electron chi connectivity index (χ2n) is 4.61. The molecule has 0 atom stereocenters. The van der Waals surface area contributed by atoms with Crippen molar-refractivity contribution in [1.82, 2.24) is 10.2 Å². The Morgan fingerprint density at radius 1 is 1.17 bits per heavy atom. The van der Waals surface area contributed by atoms with Crippen LogP contribution in [-0.2, 0) is 10.5 Å². The highest BCUT2D eigenvalue weighted by atomic mass is 32.2. The first kappa shape index (κ1) is 17.9. The summed E-state index contributed by atoms with van der Waals surface area (Å²) in [6.07, 6.45) is 0.0958. The third kappa shape index (κ3) is 4.31. The summed E-state index contributed by atoms with van der Waals surface area (Å²) >= 11 is 1.42. The molecule has 1 N–H and O–H groups in total. The lowest BCUT2D eigenvalue weighted by Gasteiger charge is -2.12. The molecule has 0 aliphatic heterocycles. The number of aromatic nitrogens is 2. The molecular formula is C15H18N2O6S. The number of aliphatic carboxylic acids is 1. The molecule has 8 nitrogen and oxygen atoms in total. The molecule has 1 aromatic carbocycles. The summed E-state index contributed by atoms with van der Waals surface area (Å²) in [5.74, 6) is 2.31. The molecule has 130 valence electrons. The van der Waals surface area contributed by atoms with Crippen LogP contribution in [0, 0.1) is 0 Å². The van der Waals surface area contributed by atoms with Crippen molar-refractivity contribution >= 4 is 17.7 Å². The van der Waals surface area contributed by atoms with Crippen LogP contribution in [0.5, 0.6) is 17.2 Å². The molecule has 2 aromatic rings. The number of methoxy groups -OCH3 is 3. The van der Waals surface area contributed by atoms with Gasteiger partial charge in [0, 0.05) is 11.3 Å². The average Bonchev–Trinajstić information content (AvgIpc) is 3.06. The number of carboxylic acid groups (broad SMARTS) is 1. The number of carboxylic acids is 1. The molecule has 9 heteroatoms. The predicted molar refractivity (Wildman–Crippen MR) is 87.8 cm³/mol. The maximum absolute atomic E-state index is 10.5. The number of hydrogen-bond donors (Lipinski definition) is 1. The van der Waals surface area contributed by atoms with Crippen molar-refractivity contribution in [3.63, 3.8) is 0 Å². The second-order valence-corrected chi connectivity index (χ2v) is 5.72. The van der Waals surface area contributed by atoms with E-state index >= 15 is 0 Å². The van der Waals surface area contributed by atoms with Crippen molar-refractivity contribution in [3.05, 3.63) is 18.0 Å². The van der Waals surface area contributed by atoms with Crippen molar-refractivity contribution in [2.45, 2.75) is 12.2 Å². The van der Waals surface area contributed by atoms with E-state index in [1.807, 2.05) is 0 Å². The molecule has 24 heavy (non-hydrogen) atoms. The lowest BCUT2D eigenvalue weighted by atomic mass is 10.2. The van der Waals surface area contributed by atoms with Gasteiger partial charge in [0.25, 0.3) is 0 Å². The number of thioether (sulfide) groups is 1. The molecule has 0 saturated heterocycles. The Bertz CT molecular complexity index is 678. The number of benzene rings is 1. The fourth-order valence-electron chi connectivity index (χ4n) is 1.95. The van der Waals surface area contributed by atoms with Gasteiger partial charge in [0.1, 0.15) is 0 Å². The van der Waals surface area contributed by atoms with Gasteiger partial charge in [0.05, 0.1) is 33.5 Å². The van der Waals surface area contributed by atoms with E-state index in [0.29, 0.717) is 46.1 Å². The van der Waals surface area contributed by atoms with E-state index < -0.39 is 5.97 Å². The van der Waals surface area contributed by atoms with Gasteiger partial charge in [-0.15, -0.1) is 10.2 Å². The van der Waals surface area contributed by atoms with Gasteiger partial charge in [0.2, 0.25) is 17.5 Å². The maximum Gasteiger partial charge on any atom is 0.304 e. The van der Waals surface area contributed by atoms with Gasteiger partial charge < -0.3 is 23.7 Å². The van der Waals surface area contributed by atoms with Crippen LogP contribution < -0.4 is 14.2 Å². The smallest absolute Gasteiger partial charge is 0.304 e. The maximum atomic E-state index is 10.5. The Morgan fingerprint density at radius 3 is 2.38 bits per heavy atom. The van der Waals surface area contributed by atoms with Gasteiger partial charge in [-0.25, -0.2) is 0 Å². The summed E-state index contributed by atoms with van der Waals surface area (Å²) in [4.78, 5) is 10.5. The van der Waals surface area contributed by atoms with Crippen molar-refractivity contribution in [3.8, 4) is 28.7 Å². The van der Waals surface area contributed by atoms with Crippen LogP contribution in [-0.4, -0.2) is 48.4 Å². The number of hydrogen-bond acceptors (Lipinski definition) is 8. The molecule has 0 aliphatic rings. The molecule has 0 bridgehead atoms. The van der Waals surface area contributed by atoms with Crippen LogP contribution >= 0.6 is 11.8 Å². The van der Waals surface area contributed by atoms with Gasteiger partial charge in [-0.2, -0.15) is 11.8 Å². The van der Waals surface area contributed by atoms with Crippen molar-refractivity contribution in [1.29, 1.82) is 0 Å². The van der Waals surface area contributed by atoms with E-state index in [2.05, 4.69) is 10.2 Å². The summed E-state index contributed by atoms with van der Waals surface area (Å²) in [5, 5.41) is 16.6. The Balaban J connectivity index is 2.15.